The minimum Gasteiger partial charge on any atom is -0.388 e. The fourth-order valence-corrected chi connectivity index (χ4v) is 1.13. The quantitative estimate of drug-likeness (QED) is 0.114. The number of aliphatic hydroxyl groups excluding tert-OH is 4. The van der Waals surface area contributed by atoms with Gasteiger partial charge in [-0.05, 0) is 0 Å². The molecule has 13 heteroatoms. The molecule has 21 heavy (non-hydrogen) atoms. The molecular weight excluding hydrogens is 317 g/mol. The Labute approximate surface area is 119 Å². The lowest BCUT2D eigenvalue weighted by Gasteiger charge is -2.23. The van der Waals surface area contributed by atoms with Gasteiger partial charge in [0, 0.05) is 11.8 Å². The largest absolute Gasteiger partial charge is 0.469 e. The first kappa shape index (κ1) is 22.3. The third-order valence-corrected chi connectivity index (χ3v) is 2.39. The molecule has 6 N–H and O–H groups in total. The summed E-state index contributed by atoms with van der Waals surface area (Å²) in [6.07, 6.45) is -7.80. The van der Waals surface area contributed by atoms with E-state index in [-0.39, 0.29) is 17.8 Å². The van der Waals surface area contributed by atoms with E-state index in [0.29, 0.717) is 0 Å². The van der Waals surface area contributed by atoms with Crippen LogP contribution in [0.4, 0.5) is 0 Å². The van der Waals surface area contributed by atoms with Crippen LogP contribution in [0.5, 0.6) is 0 Å². The Balaban J connectivity index is 0. The number of rotatable bonds is 8. The van der Waals surface area contributed by atoms with Gasteiger partial charge in [-0.25, -0.2) is 4.57 Å². The van der Waals surface area contributed by atoms with Gasteiger partial charge in [-0.1, -0.05) is 0 Å². The van der Waals surface area contributed by atoms with E-state index >= 15 is 0 Å². The molecule has 0 aliphatic carbocycles. The Morgan fingerprint density at radius 3 is 1.95 bits per heavy atom. The van der Waals surface area contributed by atoms with Crippen LogP contribution < -0.4 is 0 Å². The van der Waals surface area contributed by atoms with Crippen molar-refractivity contribution in [3.05, 3.63) is 10.1 Å². The van der Waals surface area contributed by atoms with Gasteiger partial charge in [0.15, 0.2) is 6.29 Å². The van der Waals surface area contributed by atoms with Gasteiger partial charge >= 0.3 is 7.82 Å². The lowest BCUT2D eigenvalue weighted by Crippen LogP contribution is -2.46. The van der Waals surface area contributed by atoms with Crippen molar-refractivity contribution < 1.29 is 49.0 Å². The zero-order chi connectivity index (χ0) is 17.2. The van der Waals surface area contributed by atoms with Crippen LogP contribution in [0, 0.1) is 10.1 Å². The molecule has 0 rings (SSSR count). The van der Waals surface area contributed by atoms with Gasteiger partial charge in [-0.3, -0.25) is 14.6 Å². The zero-order valence-electron chi connectivity index (χ0n) is 10.9. The van der Waals surface area contributed by atoms with E-state index in [0.717, 1.165) is 0 Å². The van der Waals surface area contributed by atoms with E-state index in [4.69, 9.17) is 30.2 Å². The van der Waals surface area contributed by atoms with Gasteiger partial charge in [0.05, 0.1) is 6.61 Å². The molecule has 0 aromatic rings. The Kier molecular flexibility index (Phi) is 11.4. The Morgan fingerprint density at radius 1 is 1.24 bits per heavy atom. The molecule has 0 aliphatic heterocycles. The van der Waals surface area contributed by atoms with Crippen LogP contribution >= 0.6 is 7.82 Å². The average Bonchev–Trinajstić information content (AvgIpc) is 2.41. The maximum atomic E-state index is 10.2. The van der Waals surface area contributed by atoms with E-state index in [1.165, 1.54) is 6.92 Å². The number of carbonyl (C=O) groups excluding carboxylic acids is 1. The molecule has 0 unspecified atom stereocenters. The maximum Gasteiger partial charge on any atom is 0.469 e. The monoisotopic (exact) mass is 335 g/mol. The number of carbonyl (C=O) groups is 1. The van der Waals surface area contributed by atoms with Gasteiger partial charge in [-0.15, -0.1) is 0 Å². The normalized spacial score (nSPS) is 16.9. The number of phosphoric acid groups is 1. The van der Waals surface area contributed by atoms with Gasteiger partial charge in [-0.2, -0.15) is 0 Å². The van der Waals surface area contributed by atoms with E-state index in [9.17, 15) is 19.5 Å². The molecule has 0 aromatic heterocycles. The number of phosphoric ester groups is 1. The Morgan fingerprint density at radius 2 is 1.67 bits per heavy atom. The number of hydrogen-bond acceptors (Lipinski definition) is 9. The molecule has 0 radical (unpaired) electrons. The van der Waals surface area contributed by atoms with Gasteiger partial charge < -0.3 is 35.0 Å². The van der Waals surface area contributed by atoms with Crippen molar-refractivity contribution in [2.75, 3.05) is 13.2 Å². The standard InChI is InChI=1S/C6H13O9P.C2H5NO2/c7-1-3(8)5(10)6(11)4(9)2-15-16(12,13)14;1-2-3(4)5/h1,3-6,8-11H,2H2,(H2,12,13,14);2H2,1H3/t3-,4+,5+,6+;/m0./s1. The molecule has 0 heterocycles. The summed E-state index contributed by atoms with van der Waals surface area (Å²) in [5.41, 5.74) is 0. The van der Waals surface area contributed by atoms with Gasteiger partial charge in [0.2, 0.25) is 6.54 Å². The highest BCUT2D eigenvalue weighted by molar-refractivity contribution is 7.46. The third kappa shape index (κ3) is 12.5. The van der Waals surface area contributed by atoms with Crippen molar-refractivity contribution in [3.63, 3.8) is 0 Å². The predicted octanol–water partition coefficient (Wildman–Crippen LogP) is -2.98. The minimum absolute atomic E-state index is 0.0278. The summed E-state index contributed by atoms with van der Waals surface area (Å²) in [5, 5.41) is 45.2. The maximum absolute atomic E-state index is 10.2. The summed E-state index contributed by atoms with van der Waals surface area (Å²) in [6, 6.07) is 0. The second-order valence-electron chi connectivity index (χ2n) is 3.61. The lowest BCUT2D eigenvalue weighted by atomic mass is 10.0. The average molecular weight is 335 g/mol. The molecule has 12 nitrogen and oxygen atoms in total. The molecule has 126 valence electrons. The number of nitro groups is 1. The Hall–Kier alpha value is -0.980. The molecule has 4 atom stereocenters. The molecule has 0 fully saturated rings. The Bertz CT molecular complexity index is 358. The first-order valence-electron chi connectivity index (χ1n) is 5.45. The van der Waals surface area contributed by atoms with Crippen LogP contribution in [-0.2, 0) is 13.9 Å². The van der Waals surface area contributed by atoms with Gasteiger partial charge in [0.25, 0.3) is 0 Å². The van der Waals surface area contributed by atoms with Crippen LogP contribution in [0.3, 0.4) is 0 Å². The second kappa shape index (κ2) is 10.7. The van der Waals surface area contributed by atoms with Crippen LogP contribution in [0.15, 0.2) is 0 Å². The van der Waals surface area contributed by atoms with Crippen LogP contribution in [0.25, 0.3) is 0 Å². The minimum atomic E-state index is -4.80. The van der Waals surface area contributed by atoms with Crippen LogP contribution in [0.1, 0.15) is 6.92 Å². The number of aldehydes is 1. The van der Waals surface area contributed by atoms with Crippen molar-refractivity contribution in [1.29, 1.82) is 0 Å². The molecule has 0 aliphatic rings. The summed E-state index contributed by atoms with van der Waals surface area (Å²) < 4.78 is 14.1. The number of aliphatic hydroxyl groups is 4. The van der Waals surface area contributed by atoms with Crippen LogP contribution in [0.2, 0.25) is 0 Å². The highest BCUT2D eigenvalue weighted by Gasteiger charge is 2.31. The predicted molar refractivity (Wildman–Crippen MR) is 65.6 cm³/mol. The van der Waals surface area contributed by atoms with Crippen LogP contribution in [-0.4, -0.2) is 79.0 Å². The second-order valence-corrected chi connectivity index (χ2v) is 4.85. The van der Waals surface area contributed by atoms with Crippen molar-refractivity contribution in [1.82, 2.24) is 0 Å². The number of nitrogens with zero attached hydrogens (tertiary/aromatic N) is 1. The molecule has 0 amide bonds. The van der Waals surface area contributed by atoms with Gasteiger partial charge in [0.1, 0.15) is 24.4 Å². The fourth-order valence-electron chi connectivity index (χ4n) is 0.782. The molecule has 0 aromatic carbocycles. The summed E-state index contributed by atoms with van der Waals surface area (Å²) >= 11 is 0. The first-order chi connectivity index (χ1) is 9.46. The molecule has 0 bridgehead atoms. The molecule has 0 saturated carbocycles. The summed E-state index contributed by atoms with van der Waals surface area (Å²) in [6.45, 7) is 0.564. The van der Waals surface area contributed by atoms with E-state index in [1.54, 1.807) is 0 Å². The van der Waals surface area contributed by atoms with Crippen molar-refractivity contribution in [2.24, 2.45) is 0 Å². The molecular formula is C8H18NO11P. The summed E-state index contributed by atoms with van der Waals surface area (Å²) in [5.74, 6) is 0. The molecule has 0 saturated heterocycles. The highest BCUT2D eigenvalue weighted by Crippen LogP contribution is 2.35. The lowest BCUT2D eigenvalue weighted by molar-refractivity contribution is -0.475. The van der Waals surface area contributed by atoms with E-state index in [2.05, 4.69) is 4.52 Å². The number of hydrogen-bond donors (Lipinski definition) is 6. The van der Waals surface area contributed by atoms with Crippen molar-refractivity contribution >= 4 is 14.1 Å². The highest BCUT2D eigenvalue weighted by atomic mass is 31.2. The summed E-state index contributed by atoms with van der Waals surface area (Å²) in [7, 11) is -4.80. The SMILES string of the molecule is CC[N+](=O)[O-].O=C[C@H](O)[C@@H](O)[C@H](O)[C@H](O)COP(=O)(O)O. The zero-order valence-corrected chi connectivity index (χ0v) is 11.8. The molecule has 0 spiro atoms. The fraction of sp³-hybridized carbons (Fsp3) is 0.875. The first-order valence-corrected chi connectivity index (χ1v) is 6.98. The van der Waals surface area contributed by atoms with Crippen molar-refractivity contribution in [3.8, 4) is 0 Å². The topological polar surface area (TPSA) is 208 Å². The van der Waals surface area contributed by atoms with Crippen molar-refractivity contribution in [2.45, 2.75) is 31.3 Å². The summed E-state index contributed by atoms with van der Waals surface area (Å²) in [4.78, 5) is 35.4. The van der Waals surface area contributed by atoms with E-state index in [1.807, 2.05) is 0 Å². The third-order valence-electron chi connectivity index (χ3n) is 1.91. The van der Waals surface area contributed by atoms with E-state index < -0.39 is 38.8 Å². The smallest absolute Gasteiger partial charge is 0.388 e.